The van der Waals surface area contributed by atoms with Crippen LogP contribution >= 0.6 is 27.5 Å². The minimum absolute atomic E-state index is 0.135. The van der Waals surface area contributed by atoms with Crippen LogP contribution in [0.1, 0.15) is 5.76 Å². The molecule has 1 N–H and O–H groups in total. The minimum Gasteiger partial charge on any atom is -0.457 e. The third kappa shape index (κ3) is 4.90. The second-order valence-electron chi connectivity index (χ2n) is 5.75. The highest BCUT2D eigenvalue weighted by molar-refractivity contribution is 9.10. The van der Waals surface area contributed by atoms with E-state index in [2.05, 4.69) is 21.2 Å². The van der Waals surface area contributed by atoms with Gasteiger partial charge in [-0.25, -0.2) is 0 Å². The number of nitrogens with one attached hydrogen (secondary N) is 1. The van der Waals surface area contributed by atoms with Gasteiger partial charge in [0, 0.05) is 33.9 Å². The molecule has 144 valence electrons. The third-order valence-corrected chi connectivity index (χ3v) is 4.67. The van der Waals surface area contributed by atoms with Crippen molar-refractivity contribution in [3.05, 3.63) is 85.5 Å². The number of hydrogen-bond acceptors (Lipinski definition) is 5. The van der Waals surface area contributed by atoms with Gasteiger partial charge in [-0.2, -0.15) is 5.26 Å². The van der Waals surface area contributed by atoms with Crippen LogP contribution in [0.4, 0.5) is 11.4 Å². The molecule has 1 amide bonds. The second kappa shape index (κ2) is 8.73. The summed E-state index contributed by atoms with van der Waals surface area (Å²) < 4.78 is 6.47. The maximum atomic E-state index is 12.3. The normalized spacial score (nSPS) is 11.0. The lowest BCUT2D eigenvalue weighted by Gasteiger charge is -2.04. The molecule has 1 heterocycles. The number of nitriles is 1. The lowest BCUT2D eigenvalue weighted by Crippen LogP contribution is -2.13. The fourth-order valence-corrected chi connectivity index (χ4v) is 2.89. The van der Waals surface area contributed by atoms with Gasteiger partial charge in [0.15, 0.2) is 0 Å². The van der Waals surface area contributed by atoms with Crippen LogP contribution in [0.2, 0.25) is 5.02 Å². The van der Waals surface area contributed by atoms with Crippen molar-refractivity contribution in [3.63, 3.8) is 0 Å². The van der Waals surface area contributed by atoms with Crippen LogP contribution < -0.4 is 5.32 Å². The standard InChI is InChI=1S/C20H11BrClN3O4/c21-13-1-3-14(4-2-13)24-20(26)12(11-23)9-16-6-8-19(29-16)17-10-15(25(27)28)5-7-18(17)22/h1-10H,(H,24,26)/b12-9-. The number of furan rings is 1. The molecule has 7 nitrogen and oxygen atoms in total. The van der Waals surface area contributed by atoms with Crippen molar-refractivity contribution in [1.29, 1.82) is 5.26 Å². The molecule has 0 saturated carbocycles. The Morgan fingerprint density at radius 1 is 1.21 bits per heavy atom. The number of amides is 1. The number of benzene rings is 2. The van der Waals surface area contributed by atoms with E-state index in [9.17, 15) is 20.2 Å². The van der Waals surface area contributed by atoms with Crippen molar-refractivity contribution in [1.82, 2.24) is 0 Å². The number of nitrogens with zero attached hydrogens (tertiary/aromatic N) is 2. The zero-order chi connectivity index (χ0) is 21.0. The summed E-state index contributed by atoms with van der Waals surface area (Å²) >= 11 is 9.41. The van der Waals surface area contributed by atoms with Gasteiger partial charge in [0.1, 0.15) is 23.2 Å². The maximum Gasteiger partial charge on any atom is 0.270 e. The van der Waals surface area contributed by atoms with Gasteiger partial charge in [-0.3, -0.25) is 14.9 Å². The molecule has 0 aliphatic carbocycles. The molecule has 0 unspecified atom stereocenters. The van der Waals surface area contributed by atoms with Gasteiger partial charge in [-0.05, 0) is 42.5 Å². The lowest BCUT2D eigenvalue weighted by atomic mass is 10.1. The first-order valence-corrected chi connectivity index (χ1v) is 9.27. The van der Waals surface area contributed by atoms with E-state index in [0.29, 0.717) is 11.3 Å². The van der Waals surface area contributed by atoms with Crippen molar-refractivity contribution >= 4 is 50.9 Å². The highest BCUT2D eigenvalue weighted by Gasteiger charge is 2.15. The first kappa shape index (κ1) is 20.3. The van der Waals surface area contributed by atoms with Crippen LogP contribution in [0.25, 0.3) is 17.4 Å². The van der Waals surface area contributed by atoms with Crippen LogP contribution in [0.3, 0.4) is 0 Å². The molecule has 0 spiro atoms. The largest absolute Gasteiger partial charge is 0.457 e. The Morgan fingerprint density at radius 2 is 1.93 bits per heavy atom. The van der Waals surface area contributed by atoms with Crippen molar-refractivity contribution < 1.29 is 14.1 Å². The van der Waals surface area contributed by atoms with E-state index in [1.165, 1.54) is 30.3 Å². The number of carbonyl (C=O) groups excluding carboxylic acids is 1. The number of carbonyl (C=O) groups is 1. The molecule has 0 aliphatic rings. The van der Waals surface area contributed by atoms with Crippen molar-refractivity contribution in [2.75, 3.05) is 5.32 Å². The average molecular weight is 473 g/mol. The number of nitro groups is 1. The highest BCUT2D eigenvalue weighted by atomic mass is 79.9. The summed E-state index contributed by atoms with van der Waals surface area (Å²) in [4.78, 5) is 22.8. The first-order chi connectivity index (χ1) is 13.9. The quantitative estimate of drug-likeness (QED) is 0.218. The number of anilines is 1. The van der Waals surface area contributed by atoms with E-state index in [0.717, 1.165) is 4.47 Å². The van der Waals surface area contributed by atoms with Gasteiger partial charge in [0.05, 0.1) is 9.95 Å². The third-order valence-electron chi connectivity index (χ3n) is 3.81. The van der Waals surface area contributed by atoms with E-state index < -0.39 is 10.8 Å². The summed E-state index contributed by atoms with van der Waals surface area (Å²) in [5.41, 5.74) is 0.560. The monoisotopic (exact) mass is 471 g/mol. The summed E-state index contributed by atoms with van der Waals surface area (Å²) in [5.74, 6) is -0.0956. The Balaban J connectivity index is 1.85. The van der Waals surface area contributed by atoms with Crippen LogP contribution in [-0.4, -0.2) is 10.8 Å². The number of rotatable bonds is 5. The zero-order valence-corrected chi connectivity index (χ0v) is 16.9. The van der Waals surface area contributed by atoms with Crippen LogP contribution in [-0.2, 0) is 4.79 Å². The molecule has 1 aromatic heterocycles. The Labute approximate surface area is 178 Å². The minimum atomic E-state index is -0.596. The van der Waals surface area contributed by atoms with Gasteiger partial charge in [-0.15, -0.1) is 0 Å². The Kier molecular flexibility index (Phi) is 6.12. The SMILES string of the molecule is N#C/C(=C/c1ccc(-c2cc([N+](=O)[O-])ccc2Cl)o1)C(=O)Nc1ccc(Br)cc1. The smallest absolute Gasteiger partial charge is 0.270 e. The first-order valence-electron chi connectivity index (χ1n) is 8.10. The number of hydrogen-bond donors (Lipinski definition) is 1. The molecule has 0 bridgehead atoms. The number of halogens is 2. The van der Waals surface area contributed by atoms with Gasteiger partial charge in [0.25, 0.3) is 11.6 Å². The predicted molar refractivity (Wildman–Crippen MR) is 112 cm³/mol. The van der Waals surface area contributed by atoms with E-state index in [4.69, 9.17) is 16.0 Å². The lowest BCUT2D eigenvalue weighted by molar-refractivity contribution is -0.384. The summed E-state index contributed by atoms with van der Waals surface area (Å²) in [6.07, 6.45) is 1.28. The number of non-ortho nitro benzene ring substituents is 1. The van der Waals surface area contributed by atoms with E-state index in [1.54, 1.807) is 30.3 Å². The number of nitro benzene ring substituents is 1. The van der Waals surface area contributed by atoms with Crippen LogP contribution in [0, 0.1) is 21.4 Å². The van der Waals surface area contributed by atoms with E-state index in [-0.39, 0.29) is 27.8 Å². The second-order valence-corrected chi connectivity index (χ2v) is 7.08. The Bertz CT molecular complexity index is 1160. The van der Waals surface area contributed by atoms with E-state index in [1.807, 2.05) is 6.07 Å². The molecule has 0 aliphatic heterocycles. The molecule has 9 heteroatoms. The fourth-order valence-electron chi connectivity index (χ4n) is 2.41. The molecule has 3 aromatic rings. The molecular formula is C20H11BrClN3O4. The molecule has 0 saturated heterocycles. The molecule has 3 rings (SSSR count). The van der Waals surface area contributed by atoms with Gasteiger partial charge >= 0.3 is 0 Å². The summed E-state index contributed by atoms with van der Waals surface area (Å²) in [5, 5.41) is 23.2. The molecule has 0 fully saturated rings. The average Bonchev–Trinajstić information content (AvgIpc) is 3.16. The molecular weight excluding hydrogens is 462 g/mol. The summed E-state index contributed by atoms with van der Waals surface area (Å²) in [6, 6.07) is 15.8. The van der Waals surface area contributed by atoms with E-state index >= 15 is 0 Å². The molecule has 2 aromatic carbocycles. The fraction of sp³-hybridized carbons (Fsp3) is 0. The van der Waals surface area contributed by atoms with Crippen molar-refractivity contribution in [3.8, 4) is 17.4 Å². The van der Waals surface area contributed by atoms with Crippen molar-refractivity contribution in [2.24, 2.45) is 0 Å². The molecule has 0 atom stereocenters. The van der Waals surface area contributed by atoms with Crippen LogP contribution in [0.15, 0.2) is 69.1 Å². The Morgan fingerprint density at radius 3 is 2.59 bits per heavy atom. The van der Waals surface area contributed by atoms with Crippen LogP contribution in [0.5, 0.6) is 0 Å². The topological polar surface area (TPSA) is 109 Å². The Hall–Kier alpha value is -3.41. The van der Waals surface area contributed by atoms with Gasteiger partial charge < -0.3 is 9.73 Å². The predicted octanol–water partition coefficient (Wildman–Crippen LogP) is 5.82. The van der Waals surface area contributed by atoms with Gasteiger partial charge in [0.2, 0.25) is 0 Å². The molecule has 29 heavy (non-hydrogen) atoms. The zero-order valence-electron chi connectivity index (χ0n) is 14.6. The molecule has 0 radical (unpaired) electrons. The maximum absolute atomic E-state index is 12.3. The highest BCUT2D eigenvalue weighted by Crippen LogP contribution is 2.33. The summed E-state index contributed by atoms with van der Waals surface area (Å²) in [7, 11) is 0. The summed E-state index contributed by atoms with van der Waals surface area (Å²) in [6.45, 7) is 0. The van der Waals surface area contributed by atoms with Gasteiger partial charge in [-0.1, -0.05) is 27.5 Å². The van der Waals surface area contributed by atoms with Crippen molar-refractivity contribution in [2.45, 2.75) is 0 Å².